The summed E-state index contributed by atoms with van der Waals surface area (Å²) in [5, 5.41) is 0.0712. The maximum atomic E-state index is 13.7. The maximum Gasteiger partial charge on any atom is 0.195 e. The van der Waals surface area contributed by atoms with Crippen LogP contribution in [-0.4, -0.2) is 57.4 Å². The topological polar surface area (TPSA) is 80.3 Å². The van der Waals surface area contributed by atoms with E-state index in [0.717, 1.165) is 24.8 Å². The molecule has 0 N–H and O–H groups in total. The van der Waals surface area contributed by atoms with E-state index in [0.29, 0.717) is 12.4 Å². The maximum absolute atomic E-state index is 13.7. The minimum absolute atomic E-state index is 0.00185. The molecule has 0 aliphatic carbocycles. The van der Waals surface area contributed by atoms with Crippen molar-refractivity contribution < 1.29 is 31.5 Å². The Morgan fingerprint density at radius 2 is 1.55 bits per heavy atom. The molecule has 1 aliphatic rings. The van der Waals surface area contributed by atoms with E-state index in [1.807, 2.05) is 13.0 Å². The molecule has 38 heavy (non-hydrogen) atoms. The van der Waals surface area contributed by atoms with Gasteiger partial charge in [-0.2, -0.15) is 0 Å². The van der Waals surface area contributed by atoms with Crippen LogP contribution in [0, 0.1) is 0 Å². The molecule has 0 aromatic heterocycles. The Hall–Kier alpha value is -0.916. The van der Waals surface area contributed by atoms with Gasteiger partial charge in [-0.1, -0.05) is 48.5 Å². The Morgan fingerprint density at radius 3 is 2.08 bits per heavy atom. The van der Waals surface area contributed by atoms with Crippen LogP contribution in [0.1, 0.15) is 79.4 Å². The number of methoxy groups -OCH3 is 1. The van der Waals surface area contributed by atoms with Crippen molar-refractivity contribution in [3.8, 4) is 11.5 Å². The second-order valence-corrected chi connectivity index (χ2v) is 25.0. The molecular formula is C28H52O7SSi2. The zero-order valence-electron chi connectivity index (χ0n) is 25.8. The summed E-state index contributed by atoms with van der Waals surface area (Å²) in [6.45, 7) is 24.2. The van der Waals surface area contributed by atoms with Crippen LogP contribution >= 0.6 is 0 Å². The molecule has 0 saturated carbocycles. The van der Waals surface area contributed by atoms with E-state index in [9.17, 15) is 8.42 Å². The summed E-state index contributed by atoms with van der Waals surface area (Å²) >= 11 is 0. The number of hydrogen-bond acceptors (Lipinski definition) is 7. The smallest absolute Gasteiger partial charge is 0.195 e. The number of benzene rings is 1. The molecule has 7 nitrogen and oxygen atoms in total. The van der Waals surface area contributed by atoms with Crippen molar-refractivity contribution >= 4 is 26.5 Å². The summed E-state index contributed by atoms with van der Waals surface area (Å²) in [7, 11) is -6.27. The number of ether oxygens (including phenoxy) is 3. The van der Waals surface area contributed by atoms with Gasteiger partial charge < -0.3 is 23.1 Å². The second kappa shape index (κ2) is 12.3. The van der Waals surface area contributed by atoms with E-state index in [4.69, 9.17) is 23.1 Å². The summed E-state index contributed by atoms with van der Waals surface area (Å²) in [6, 6.07) is 3.55. The Morgan fingerprint density at radius 1 is 0.947 bits per heavy atom. The lowest BCUT2D eigenvalue weighted by Gasteiger charge is -2.38. The van der Waals surface area contributed by atoms with Crippen molar-refractivity contribution in [2.24, 2.45) is 0 Å². The third-order valence-corrected chi connectivity index (χ3v) is 18.9. The Kier molecular flexibility index (Phi) is 10.8. The lowest BCUT2D eigenvalue weighted by Crippen LogP contribution is -2.43. The van der Waals surface area contributed by atoms with Gasteiger partial charge in [0.15, 0.2) is 38.0 Å². The van der Waals surface area contributed by atoms with Crippen LogP contribution in [0.2, 0.25) is 36.3 Å². The van der Waals surface area contributed by atoms with Crippen LogP contribution < -0.4 is 9.47 Å². The fourth-order valence-corrected chi connectivity index (χ4v) is 7.35. The third kappa shape index (κ3) is 8.07. The molecule has 1 saturated heterocycles. The van der Waals surface area contributed by atoms with E-state index in [2.05, 4.69) is 67.7 Å². The molecule has 0 amide bonds. The fourth-order valence-electron chi connectivity index (χ4n) is 3.69. The molecule has 10 heteroatoms. The predicted octanol–water partition coefficient (Wildman–Crippen LogP) is 7.48. The molecule has 1 fully saturated rings. The van der Waals surface area contributed by atoms with Crippen molar-refractivity contribution in [3.05, 3.63) is 17.7 Å². The quantitative estimate of drug-likeness (QED) is 0.234. The van der Waals surface area contributed by atoms with E-state index in [1.165, 1.54) is 7.11 Å². The Labute approximate surface area is 234 Å². The highest BCUT2D eigenvalue weighted by Gasteiger charge is 2.42. The fraction of sp³-hybridized carbons (Fsp3) is 0.786. The molecule has 1 aromatic carbocycles. The lowest BCUT2D eigenvalue weighted by atomic mass is 10.1. The highest BCUT2D eigenvalue weighted by molar-refractivity contribution is 7.91. The highest BCUT2D eigenvalue weighted by Crippen LogP contribution is 2.44. The molecule has 220 valence electrons. The molecule has 2 atom stereocenters. The molecule has 0 radical (unpaired) electrons. The van der Waals surface area contributed by atoms with Gasteiger partial charge in [0.25, 0.3) is 0 Å². The minimum atomic E-state index is -3.72. The predicted molar refractivity (Wildman–Crippen MR) is 159 cm³/mol. The van der Waals surface area contributed by atoms with Gasteiger partial charge in [-0.25, -0.2) is 8.42 Å². The zero-order chi connectivity index (χ0) is 29.2. The van der Waals surface area contributed by atoms with Gasteiger partial charge in [0, 0.05) is 13.0 Å². The number of sulfone groups is 1. The first-order chi connectivity index (χ1) is 17.3. The summed E-state index contributed by atoms with van der Waals surface area (Å²) in [5.41, 5.74) is 0.760. The molecule has 0 bridgehead atoms. The number of hydrogen-bond donors (Lipinski definition) is 0. The first-order valence-corrected chi connectivity index (χ1v) is 21.3. The summed E-state index contributed by atoms with van der Waals surface area (Å²) in [4.78, 5) is 0.136. The molecule has 1 heterocycles. The summed E-state index contributed by atoms with van der Waals surface area (Å²) in [6.07, 6.45) is 1.66. The Bertz CT molecular complexity index is 1040. The second-order valence-electron chi connectivity index (χ2n) is 13.3. The van der Waals surface area contributed by atoms with Crippen molar-refractivity contribution in [1.82, 2.24) is 0 Å². The van der Waals surface area contributed by atoms with E-state index in [1.54, 1.807) is 6.07 Å². The van der Waals surface area contributed by atoms with Crippen molar-refractivity contribution in [3.63, 3.8) is 0 Å². The van der Waals surface area contributed by atoms with E-state index in [-0.39, 0.29) is 45.5 Å². The van der Waals surface area contributed by atoms with Gasteiger partial charge in [0.1, 0.15) is 11.2 Å². The van der Waals surface area contributed by atoms with Crippen LogP contribution in [0.25, 0.3) is 0 Å². The largest absolute Gasteiger partial charge is 0.493 e. The van der Waals surface area contributed by atoms with E-state index >= 15 is 0 Å². The van der Waals surface area contributed by atoms with Crippen LogP contribution in [0.3, 0.4) is 0 Å². The molecular weight excluding hydrogens is 537 g/mol. The molecule has 1 aromatic rings. The average Bonchev–Trinajstić information content (AvgIpc) is 3.23. The van der Waals surface area contributed by atoms with Crippen LogP contribution in [0.15, 0.2) is 17.0 Å². The minimum Gasteiger partial charge on any atom is -0.493 e. The van der Waals surface area contributed by atoms with Crippen molar-refractivity contribution in [2.75, 3.05) is 26.1 Å². The van der Waals surface area contributed by atoms with Gasteiger partial charge >= 0.3 is 0 Å². The van der Waals surface area contributed by atoms with Gasteiger partial charge in [-0.05, 0) is 66.8 Å². The number of rotatable bonds is 12. The first kappa shape index (κ1) is 33.3. The summed E-state index contributed by atoms with van der Waals surface area (Å²) < 4.78 is 58.0. The Balaban J connectivity index is 2.36. The van der Waals surface area contributed by atoms with Gasteiger partial charge in [0.2, 0.25) is 0 Å². The lowest BCUT2D eigenvalue weighted by molar-refractivity contribution is -0.0819. The van der Waals surface area contributed by atoms with Crippen LogP contribution in [-0.2, 0) is 23.4 Å². The molecule has 1 aliphatic heterocycles. The molecule has 1 unspecified atom stereocenters. The van der Waals surface area contributed by atoms with Crippen molar-refractivity contribution in [2.45, 2.75) is 121 Å². The first-order valence-electron chi connectivity index (χ1n) is 13.8. The highest BCUT2D eigenvalue weighted by atomic mass is 32.2. The van der Waals surface area contributed by atoms with Gasteiger partial charge in [-0.15, -0.1) is 0 Å². The zero-order valence-corrected chi connectivity index (χ0v) is 28.6. The molecule has 0 spiro atoms. The SMILES string of the molecule is CCCOc1c(OC)cc([C@@H]2CCC(O[Si](C)(C)C(C)(C)C)O2)cc1S(=O)(=O)CCO[Si](C)(C)C(C)(C)C. The van der Waals surface area contributed by atoms with Crippen LogP contribution in [0.4, 0.5) is 0 Å². The van der Waals surface area contributed by atoms with Gasteiger partial charge in [0.05, 0.1) is 25.6 Å². The standard InChI is InChI=1S/C28H52O7SSi2/c1-13-16-32-26-23(31-8)19-21(22-14-15-25(34-22)35-38(11,12)28(5,6)7)20-24(26)36(29,30)18-17-33-37(9,10)27(2,3)4/h19-20,22,25H,13-18H2,1-12H3/t22-,25?/m0/s1. The molecule has 2 rings (SSSR count). The normalized spacial score (nSPS) is 19.6. The average molecular weight is 589 g/mol. The van der Waals surface area contributed by atoms with E-state index < -0.39 is 26.5 Å². The van der Waals surface area contributed by atoms with Crippen molar-refractivity contribution in [1.29, 1.82) is 0 Å². The summed E-state index contributed by atoms with van der Waals surface area (Å²) in [5.74, 6) is 0.534. The third-order valence-electron chi connectivity index (χ3n) is 8.25. The van der Waals surface area contributed by atoms with Gasteiger partial charge in [-0.3, -0.25) is 0 Å². The monoisotopic (exact) mass is 588 g/mol. The van der Waals surface area contributed by atoms with Crippen LogP contribution in [0.5, 0.6) is 11.5 Å².